The van der Waals surface area contributed by atoms with Gasteiger partial charge in [-0.25, -0.2) is 4.98 Å². The second-order valence-electron chi connectivity index (χ2n) is 4.25. The molecule has 0 radical (unpaired) electrons. The van der Waals surface area contributed by atoms with Gasteiger partial charge in [0.05, 0.1) is 5.69 Å². The highest BCUT2D eigenvalue weighted by Crippen LogP contribution is 2.31. The molecule has 1 aromatic heterocycles. The minimum absolute atomic E-state index is 0.228. The van der Waals surface area contributed by atoms with E-state index in [1.165, 1.54) is 0 Å². The molecule has 0 aliphatic rings. The van der Waals surface area contributed by atoms with Crippen molar-refractivity contribution in [3.05, 3.63) is 36.0 Å². The third-order valence-electron chi connectivity index (χ3n) is 2.59. The number of benzene rings is 1. The van der Waals surface area contributed by atoms with E-state index >= 15 is 0 Å². The molecule has 17 heavy (non-hydrogen) atoms. The highest BCUT2D eigenvalue weighted by molar-refractivity contribution is 5.77. The van der Waals surface area contributed by atoms with Gasteiger partial charge in [0.2, 0.25) is 5.95 Å². The Hall–Kier alpha value is -2.10. The Bertz CT molecular complexity index is 520. The standard InChI is InChI=1S/C13H16N4/c1-8(2)11-10(9-6-4-3-5-7-9)12(14)17-13(15)16-11/h3-8H,1-2H3,(H4,14,15,16,17). The van der Waals surface area contributed by atoms with Crippen molar-refractivity contribution in [1.82, 2.24) is 9.97 Å². The lowest BCUT2D eigenvalue weighted by Crippen LogP contribution is -2.07. The number of aromatic nitrogens is 2. The van der Waals surface area contributed by atoms with Gasteiger partial charge in [0.25, 0.3) is 0 Å². The molecule has 0 saturated carbocycles. The third kappa shape index (κ3) is 2.20. The number of nitrogen functional groups attached to an aromatic ring is 2. The van der Waals surface area contributed by atoms with Gasteiger partial charge in [-0.15, -0.1) is 0 Å². The van der Waals surface area contributed by atoms with Crippen LogP contribution in [0.25, 0.3) is 11.1 Å². The fourth-order valence-corrected chi connectivity index (χ4v) is 1.83. The predicted molar refractivity (Wildman–Crippen MR) is 70.4 cm³/mol. The molecule has 0 atom stereocenters. The van der Waals surface area contributed by atoms with Crippen LogP contribution < -0.4 is 11.5 Å². The zero-order valence-electron chi connectivity index (χ0n) is 10.0. The molecule has 4 heteroatoms. The molecule has 2 rings (SSSR count). The Morgan fingerprint density at radius 2 is 1.65 bits per heavy atom. The Kier molecular flexibility index (Phi) is 2.95. The van der Waals surface area contributed by atoms with Gasteiger partial charge < -0.3 is 11.5 Å². The maximum Gasteiger partial charge on any atom is 0.222 e. The van der Waals surface area contributed by atoms with Gasteiger partial charge in [0, 0.05) is 5.56 Å². The second-order valence-corrected chi connectivity index (χ2v) is 4.25. The molecule has 4 N–H and O–H groups in total. The molecule has 88 valence electrons. The first-order chi connectivity index (χ1) is 8.09. The zero-order chi connectivity index (χ0) is 12.4. The molecule has 0 amide bonds. The van der Waals surface area contributed by atoms with Gasteiger partial charge in [-0.05, 0) is 11.5 Å². The molecule has 2 aromatic rings. The van der Waals surface area contributed by atoms with E-state index in [1.54, 1.807) is 0 Å². The molecule has 0 spiro atoms. The minimum Gasteiger partial charge on any atom is -0.383 e. The number of hydrogen-bond donors (Lipinski definition) is 2. The molecule has 1 heterocycles. The van der Waals surface area contributed by atoms with E-state index in [2.05, 4.69) is 23.8 Å². The smallest absolute Gasteiger partial charge is 0.222 e. The lowest BCUT2D eigenvalue weighted by molar-refractivity contribution is 0.822. The SMILES string of the molecule is CC(C)c1nc(N)nc(N)c1-c1ccccc1. The van der Waals surface area contributed by atoms with E-state index in [0.717, 1.165) is 16.8 Å². The molecule has 1 aromatic carbocycles. The monoisotopic (exact) mass is 228 g/mol. The highest BCUT2D eigenvalue weighted by atomic mass is 15.0. The second kappa shape index (κ2) is 4.41. The summed E-state index contributed by atoms with van der Waals surface area (Å²) >= 11 is 0. The third-order valence-corrected chi connectivity index (χ3v) is 2.59. The minimum atomic E-state index is 0.228. The normalized spacial score (nSPS) is 10.8. The van der Waals surface area contributed by atoms with E-state index in [9.17, 15) is 0 Å². The van der Waals surface area contributed by atoms with E-state index in [4.69, 9.17) is 11.5 Å². The van der Waals surface area contributed by atoms with Crippen LogP contribution in [0.1, 0.15) is 25.5 Å². The molecule has 4 nitrogen and oxygen atoms in total. The van der Waals surface area contributed by atoms with Gasteiger partial charge in [-0.2, -0.15) is 4.98 Å². The maximum absolute atomic E-state index is 5.96. The molecule has 0 unspecified atom stereocenters. The number of hydrogen-bond acceptors (Lipinski definition) is 4. The van der Waals surface area contributed by atoms with Crippen LogP contribution >= 0.6 is 0 Å². The average molecular weight is 228 g/mol. The Morgan fingerprint density at radius 3 is 2.24 bits per heavy atom. The molecule has 0 aliphatic carbocycles. The van der Waals surface area contributed by atoms with Crippen LogP contribution in [0, 0.1) is 0 Å². The lowest BCUT2D eigenvalue weighted by Gasteiger charge is -2.14. The molecular formula is C13H16N4. The van der Waals surface area contributed by atoms with Gasteiger partial charge in [0.1, 0.15) is 5.82 Å². The number of anilines is 2. The largest absolute Gasteiger partial charge is 0.383 e. The van der Waals surface area contributed by atoms with E-state index in [-0.39, 0.29) is 11.9 Å². The quantitative estimate of drug-likeness (QED) is 0.827. The Balaban J connectivity index is 2.68. The fraction of sp³-hybridized carbons (Fsp3) is 0.231. The number of nitrogens with two attached hydrogens (primary N) is 2. The predicted octanol–water partition coefficient (Wildman–Crippen LogP) is 2.43. The summed E-state index contributed by atoms with van der Waals surface area (Å²) in [5.41, 5.74) is 14.4. The van der Waals surface area contributed by atoms with Crippen molar-refractivity contribution in [1.29, 1.82) is 0 Å². The first kappa shape index (κ1) is 11.4. The Labute approximate surface area is 101 Å². The van der Waals surface area contributed by atoms with E-state index in [0.29, 0.717) is 5.82 Å². The number of rotatable bonds is 2. The summed E-state index contributed by atoms with van der Waals surface area (Å²) in [4.78, 5) is 8.33. The maximum atomic E-state index is 5.96. The zero-order valence-corrected chi connectivity index (χ0v) is 10.0. The van der Waals surface area contributed by atoms with Crippen LogP contribution in [0.5, 0.6) is 0 Å². The first-order valence-electron chi connectivity index (χ1n) is 5.58. The summed E-state index contributed by atoms with van der Waals surface area (Å²) in [7, 11) is 0. The van der Waals surface area contributed by atoms with Crippen LogP contribution in [0.4, 0.5) is 11.8 Å². The topological polar surface area (TPSA) is 77.8 Å². The molecular weight excluding hydrogens is 212 g/mol. The van der Waals surface area contributed by atoms with Crippen molar-refractivity contribution in [2.24, 2.45) is 0 Å². The summed E-state index contributed by atoms with van der Waals surface area (Å²) in [5, 5.41) is 0. The van der Waals surface area contributed by atoms with Crippen molar-refractivity contribution < 1.29 is 0 Å². The van der Waals surface area contributed by atoms with Gasteiger partial charge in [0.15, 0.2) is 0 Å². The summed E-state index contributed by atoms with van der Waals surface area (Å²) in [5.74, 6) is 0.913. The van der Waals surface area contributed by atoms with Gasteiger partial charge in [-0.3, -0.25) is 0 Å². The van der Waals surface area contributed by atoms with Gasteiger partial charge in [-0.1, -0.05) is 44.2 Å². The number of nitrogens with zero attached hydrogens (tertiary/aromatic N) is 2. The first-order valence-corrected chi connectivity index (χ1v) is 5.58. The van der Waals surface area contributed by atoms with E-state index in [1.807, 2.05) is 30.3 Å². The molecule has 0 bridgehead atoms. The molecule has 0 aliphatic heterocycles. The van der Waals surface area contributed by atoms with E-state index < -0.39 is 0 Å². The van der Waals surface area contributed by atoms with Crippen LogP contribution in [0.15, 0.2) is 30.3 Å². The van der Waals surface area contributed by atoms with Crippen LogP contribution in [0.2, 0.25) is 0 Å². The summed E-state index contributed by atoms with van der Waals surface area (Å²) < 4.78 is 0. The summed E-state index contributed by atoms with van der Waals surface area (Å²) in [6, 6.07) is 9.89. The molecule has 0 fully saturated rings. The van der Waals surface area contributed by atoms with Crippen molar-refractivity contribution in [3.63, 3.8) is 0 Å². The van der Waals surface area contributed by atoms with Crippen LogP contribution in [-0.4, -0.2) is 9.97 Å². The summed E-state index contributed by atoms with van der Waals surface area (Å²) in [6.07, 6.45) is 0. The lowest BCUT2D eigenvalue weighted by atomic mass is 9.98. The van der Waals surface area contributed by atoms with Crippen molar-refractivity contribution in [2.45, 2.75) is 19.8 Å². The van der Waals surface area contributed by atoms with Crippen LogP contribution in [-0.2, 0) is 0 Å². The average Bonchev–Trinajstić information content (AvgIpc) is 2.29. The summed E-state index contributed by atoms with van der Waals surface area (Å²) in [6.45, 7) is 4.13. The van der Waals surface area contributed by atoms with Crippen molar-refractivity contribution >= 4 is 11.8 Å². The van der Waals surface area contributed by atoms with Crippen molar-refractivity contribution in [3.8, 4) is 11.1 Å². The fourth-order valence-electron chi connectivity index (χ4n) is 1.83. The van der Waals surface area contributed by atoms with Gasteiger partial charge >= 0.3 is 0 Å². The molecule has 0 saturated heterocycles. The van der Waals surface area contributed by atoms with Crippen LogP contribution in [0.3, 0.4) is 0 Å². The Morgan fingerprint density at radius 1 is 1.00 bits per heavy atom. The van der Waals surface area contributed by atoms with Crippen molar-refractivity contribution in [2.75, 3.05) is 11.5 Å². The highest BCUT2D eigenvalue weighted by Gasteiger charge is 2.15.